The number of carbonyl (C=O) groups excluding carboxylic acids is 5. The van der Waals surface area contributed by atoms with Crippen molar-refractivity contribution in [2.75, 3.05) is 31.2 Å². The van der Waals surface area contributed by atoms with Crippen LogP contribution in [-0.2, 0) is 23.9 Å². The zero-order valence-corrected chi connectivity index (χ0v) is 20.1. The number of carbonyl (C=O) groups is 5. The van der Waals surface area contributed by atoms with Crippen LogP contribution in [0.3, 0.4) is 0 Å². The van der Waals surface area contributed by atoms with E-state index < -0.39 is 12.0 Å². The maximum atomic E-state index is 13.1. The van der Waals surface area contributed by atoms with Crippen LogP contribution in [0.4, 0.5) is 5.69 Å². The maximum Gasteiger partial charge on any atom is 0.338 e. The van der Waals surface area contributed by atoms with Gasteiger partial charge in [0.25, 0.3) is 5.91 Å². The Labute approximate surface area is 209 Å². The summed E-state index contributed by atoms with van der Waals surface area (Å²) in [4.78, 5) is 65.4. The Morgan fingerprint density at radius 3 is 2.19 bits per heavy atom. The van der Waals surface area contributed by atoms with Gasteiger partial charge in [-0.25, -0.2) is 9.69 Å². The van der Waals surface area contributed by atoms with Gasteiger partial charge in [0.2, 0.25) is 5.91 Å². The van der Waals surface area contributed by atoms with Crippen LogP contribution in [0.5, 0.6) is 0 Å². The number of hydrogen-bond acceptors (Lipinski definition) is 8. The monoisotopic (exact) mass is 492 g/mol. The van der Waals surface area contributed by atoms with Gasteiger partial charge in [-0.15, -0.1) is 0 Å². The Hall–Kier alpha value is -3.85. The highest BCUT2D eigenvalue weighted by Crippen LogP contribution is 2.29. The molecule has 2 fully saturated rings. The van der Waals surface area contributed by atoms with E-state index in [1.807, 2.05) is 4.90 Å². The van der Waals surface area contributed by atoms with Gasteiger partial charge in [-0.3, -0.25) is 24.1 Å². The third-order valence-corrected chi connectivity index (χ3v) is 6.50. The maximum absolute atomic E-state index is 13.1. The molecule has 0 radical (unpaired) electrons. The fourth-order valence-corrected chi connectivity index (χ4v) is 4.55. The van der Waals surface area contributed by atoms with E-state index in [1.165, 1.54) is 24.3 Å². The van der Waals surface area contributed by atoms with E-state index in [1.54, 1.807) is 37.3 Å². The molecule has 1 unspecified atom stereocenters. The number of imide groups is 1. The van der Waals surface area contributed by atoms with Crippen LogP contribution in [0.15, 0.2) is 54.6 Å². The van der Waals surface area contributed by atoms with Crippen molar-refractivity contribution in [2.45, 2.75) is 32.2 Å². The summed E-state index contributed by atoms with van der Waals surface area (Å²) in [5.41, 5.74) is 1.02. The quantitative estimate of drug-likeness (QED) is 0.314. The minimum absolute atomic E-state index is 0.0638. The molecule has 36 heavy (non-hydrogen) atoms. The molecule has 188 valence electrons. The number of ketones is 1. The molecule has 2 saturated heterocycles. The molecule has 2 heterocycles. The first kappa shape index (κ1) is 25.2. The van der Waals surface area contributed by atoms with E-state index in [-0.39, 0.29) is 48.1 Å². The number of Topliss-reactive ketones (excluding diaryl/α,β-unsaturated/α-hetero) is 1. The lowest BCUT2D eigenvalue weighted by molar-refractivity contribution is -0.149. The largest absolute Gasteiger partial charge is 0.466 e. The van der Waals surface area contributed by atoms with E-state index in [0.717, 1.165) is 4.90 Å². The van der Waals surface area contributed by atoms with Crippen LogP contribution >= 0.6 is 0 Å². The molecule has 2 aliphatic rings. The fraction of sp³-hybridized carbons (Fsp3) is 0.370. The number of amides is 2. The summed E-state index contributed by atoms with van der Waals surface area (Å²) in [6, 6.07) is 13.9. The molecule has 2 aromatic carbocycles. The summed E-state index contributed by atoms with van der Waals surface area (Å²) >= 11 is 0. The lowest BCUT2D eigenvalue weighted by atomic mass is 9.95. The lowest BCUT2D eigenvalue weighted by Gasteiger charge is -2.33. The smallest absolute Gasteiger partial charge is 0.338 e. The molecule has 0 N–H and O–H groups in total. The second-order valence-corrected chi connectivity index (χ2v) is 8.76. The summed E-state index contributed by atoms with van der Waals surface area (Å²) in [5, 5.41) is 0. The van der Waals surface area contributed by atoms with Gasteiger partial charge in [0.1, 0.15) is 0 Å². The standard InChI is InChI=1S/C27H28N2O7/c1-2-35-26(33)20-12-14-28(15-13-20)22-16-24(31)29(25(22)32)21-10-8-19(9-11-21)27(34)36-17-23(30)18-6-4-3-5-7-18/h3-11,20,22H,2,12-17H2,1H3. The average molecular weight is 493 g/mol. The van der Waals surface area contributed by atoms with Gasteiger partial charge >= 0.3 is 11.9 Å². The van der Waals surface area contributed by atoms with Crippen LogP contribution in [0.2, 0.25) is 0 Å². The van der Waals surface area contributed by atoms with Gasteiger partial charge in [-0.2, -0.15) is 0 Å². The first-order chi connectivity index (χ1) is 17.4. The Balaban J connectivity index is 1.34. The molecule has 4 rings (SSSR count). The lowest BCUT2D eigenvalue weighted by Crippen LogP contribution is -2.47. The summed E-state index contributed by atoms with van der Waals surface area (Å²) in [6.45, 7) is 2.79. The highest BCUT2D eigenvalue weighted by Gasteiger charge is 2.44. The Morgan fingerprint density at radius 2 is 1.56 bits per heavy atom. The second kappa shape index (κ2) is 11.3. The number of piperidine rings is 1. The van der Waals surface area contributed by atoms with Crippen LogP contribution < -0.4 is 4.90 Å². The second-order valence-electron chi connectivity index (χ2n) is 8.76. The molecule has 0 aliphatic carbocycles. The average Bonchev–Trinajstić information content (AvgIpc) is 3.21. The van der Waals surface area contributed by atoms with Crippen LogP contribution in [-0.4, -0.2) is 66.8 Å². The number of benzene rings is 2. The number of rotatable bonds is 8. The fourth-order valence-electron chi connectivity index (χ4n) is 4.55. The molecule has 0 aromatic heterocycles. The van der Waals surface area contributed by atoms with Crippen molar-refractivity contribution in [3.05, 3.63) is 65.7 Å². The molecule has 2 amide bonds. The van der Waals surface area contributed by atoms with Crippen molar-refractivity contribution < 1.29 is 33.4 Å². The van der Waals surface area contributed by atoms with E-state index in [2.05, 4.69) is 0 Å². The van der Waals surface area contributed by atoms with Crippen molar-refractivity contribution in [1.29, 1.82) is 0 Å². The van der Waals surface area contributed by atoms with Crippen molar-refractivity contribution in [1.82, 2.24) is 4.90 Å². The summed E-state index contributed by atoms with van der Waals surface area (Å²) in [7, 11) is 0. The van der Waals surface area contributed by atoms with Gasteiger partial charge in [-0.1, -0.05) is 30.3 Å². The van der Waals surface area contributed by atoms with Crippen molar-refractivity contribution in [3.63, 3.8) is 0 Å². The first-order valence-electron chi connectivity index (χ1n) is 12.0. The van der Waals surface area contributed by atoms with E-state index in [0.29, 0.717) is 43.8 Å². The Morgan fingerprint density at radius 1 is 0.889 bits per heavy atom. The number of anilines is 1. The molecule has 9 nitrogen and oxygen atoms in total. The van der Waals surface area contributed by atoms with Crippen LogP contribution in [0.25, 0.3) is 0 Å². The summed E-state index contributed by atoms with van der Waals surface area (Å²) in [5.74, 6) is -2.02. The minimum atomic E-state index is -0.674. The normalized spacial score (nSPS) is 18.8. The predicted molar refractivity (Wildman–Crippen MR) is 129 cm³/mol. The molecule has 0 bridgehead atoms. The highest BCUT2D eigenvalue weighted by atomic mass is 16.5. The van der Waals surface area contributed by atoms with Gasteiger partial charge in [0.05, 0.1) is 36.2 Å². The highest BCUT2D eigenvalue weighted by molar-refractivity contribution is 6.22. The molecule has 1 atom stereocenters. The molecule has 2 aromatic rings. The minimum Gasteiger partial charge on any atom is -0.466 e. The van der Waals surface area contributed by atoms with Crippen molar-refractivity contribution >= 4 is 35.2 Å². The Bertz CT molecular complexity index is 1140. The SMILES string of the molecule is CCOC(=O)C1CCN(C2CC(=O)N(c3ccc(C(=O)OCC(=O)c4ccccc4)cc3)C2=O)CC1. The third kappa shape index (κ3) is 5.52. The third-order valence-electron chi connectivity index (χ3n) is 6.50. The van der Waals surface area contributed by atoms with Gasteiger partial charge < -0.3 is 9.47 Å². The van der Waals surface area contributed by atoms with Gasteiger partial charge in [-0.05, 0) is 57.1 Å². The zero-order valence-electron chi connectivity index (χ0n) is 20.1. The summed E-state index contributed by atoms with van der Waals surface area (Å²) < 4.78 is 10.2. The molecule has 2 aliphatic heterocycles. The number of esters is 2. The Kier molecular flexibility index (Phi) is 7.90. The number of hydrogen-bond donors (Lipinski definition) is 0. The number of nitrogens with zero attached hydrogens (tertiary/aromatic N) is 2. The van der Waals surface area contributed by atoms with Gasteiger partial charge in [0.15, 0.2) is 12.4 Å². The first-order valence-corrected chi connectivity index (χ1v) is 12.0. The molecular formula is C27H28N2O7. The molecule has 0 spiro atoms. The molecule has 9 heteroatoms. The molecular weight excluding hydrogens is 464 g/mol. The van der Waals surface area contributed by atoms with Crippen LogP contribution in [0.1, 0.15) is 46.9 Å². The van der Waals surface area contributed by atoms with Gasteiger partial charge in [0, 0.05) is 5.56 Å². The van der Waals surface area contributed by atoms with Crippen LogP contribution in [0, 0.1) is 5.92 Å². The zero-order chi connectivity index (χ0) is 25.7. The molecule has 0 saturated carbocycles. The van der Waals surface area contributed by atoms with Crippen molar-refractivity contribution in [3.8, 4) is 0 Å². The van der Waals surface area contributed by atoms with E-state index >= 15 is 0 Å². The summed E-state index contributed by atoms with van der Waals surface area (Å²) in [6.07, 6.45) is 1.23. The van der Waals surface area contributed by atoms with Crippen molar-refractivity contribution in [2.24, 2.45) is 5.92 Å². The number of ether oxygens (including phenoxy) is 2. The topological polar surface area (TPSA) is 110 Å². The predicted octanol–water partition coefficient (Wildman–Crippen LogP) is 2.63. The van der Waals surface area contributed by atoms with E-state index in [9.17, 15) is 24.0 Å². The van der Waals surface area contributed by atoms with E-state index in [4.69, 9.17) is 9.47 Å². The number of likely N-dealkylation sites (tertiary alicyclic amines) is 1.